The molecular weight excluding hydrogens is 324 g/mol. The average Bonchev–Trinajstić information content (AvgIpc) is 2.64. The van der Waals surface area contributed by atoms with E-state index in [2.05, 4.69) is 31.2 Å². The molecule has 0 saturated heterocycles. The molecule has 0 aliphatic heterocycles. The van der Waals surface area contributed by atoms with Gasteiger partial charge in [-0.05, 0) is 57.8 Å². The Bertz CT molecular complexity index is 313. The monoisotopic (exact) mass is 368 g/mol. The van der Waals surface area contributed by atoms with Crippen LogP contribution in [0.25, 0.3) is 0 Å². The van der Waals surface area contributed by atoms with Gasteiger partial charge in [-0.1, -0.05) is 56.9 Å². The molecular formula is C23H44O3. The second kappa shape index (κ2) is 22.4. The molecule has 0 fully saturated rings. The van der Waals surface area contributed by atoms with Gasteiger partial charge in [-0.2, -0.15) is 0 Å². The molecule has 0 rings (SSSR count). The first-order valence-corrected chi connectivity index (χ1v) is 10.9. The van der Waals surface area contributed by atoms with Crippen LogP contribution >= 0.6 is 0 Å². The van der Waals surface area contributed by atoms with E-state index in [4.69, 9.17) is 9.47 Å². The Kier molecular flexibility index (Phi) is 21.8. The second-order valence-corrected chi connectivity index (χ2v) is 7.11. The summed E-state index contributed by atoms with van der Waals surface area (Å²) < 4.78 is 10.3. The number of hydrogen-bond donors (Lipinski definition) is 1. The van der Waals surface area contributed by atoms with E-state index in [1.165, 1.54) is 77.0 Å². The summed E-state index contributed by atoms with van der Waals surface area (Å²) in [5, 5.41) is 9.43. The van der Waals surface area contributed by atoms with E-state index in [1.807, 2.05) is 0 Å². The number of hydrogen-bond acceptors (Lipinski definition) is 3. The van der Waals surface area contributed by atoms with Crippen molar-refractivity contribution in [3.05, 3.63) is 24.3 Å². The summed E-state index contributed by atoms with van der Waals surface area (Å²) >= 11 is 0. The van der Waals surface area contributed by atoms with Crippen molar-refractivity contribution in [1.29, 1.82) is 0 Å². The highest BCUT2D eigenvalue weighted by atomic mass is 16.5. The minimum Gasteiger partial charge on any atom is -0.388 e. The zero-order valence-electron chi connectivity index (χ0n) is 17.5. The smallest absolute Gasteiger partial charge is 0.101 e. The van der Waals surface area contributed by atoms with Gasteiger partial charge in [0, 0.05) is 13.7 Å². The number of rotatable bonds is 20. The molecule has 0 bridgehead atoms. The van der Waals surface area contributed by atoms with Crippen LogP contribution in [0.4, 0.5) is 0 Å². The Labute approximate surface area is 162 Å². The standard InChI is InChI=1S/C23H44O3/c1-3-4-5-6-7-8-9-10-11-12-13-14-15-16-17-18-19-20-26-22-23(24)21-25-2/h8-9,14-15,23-24H,3-7,10-13,16-22H2,1-2H3/b9-8-,15-14-/t23-/m0/s1. The zero-order valence-corrected chi connectivity index (χ0v) is 17.5. The van der Waals surface area contributed by atoms with E-state index in [1.54, 1.807) is 7.11 Å². The Hall–Kier alpha value is -0.640. The lowest BCUT2D eigenvalue weighted by Crippen LogP contribution is -2.21. The summed E-state index contributed by atoms with van der Waals surface area (Å²) in [6, 6.07) is 0. The maximum atomic E-state index is 9.43. The first kappa shape index (κ1) is 25.4. The van der Waals surface area contributed by atoms with Crippen molar-refractivity contribution < 1.29 is 14.6 Å². The number of unbranched alkanes of at least 4 members (excludes halogenated alkanes) is 10. The highest BCUT2D eigenvalue weighted by Gasteiger charge is 2.02. The lowest BCUT2D eigenvalue weighted by atomic mass is 10.1. The van der Waals surface area contributed by atoms with Crippen molar-refractivity contribution in [3.63, 3.8) is 0 Å². The van der Waals surface area contributed by atoms with Gasteiger partial charge in [-0.25, -0.2) is 0 Å². The van der Waals surface area contributed by atoms with Crippen LogP contribution in [0.15, 0.2) is 24.3 Å². The molecule has 0 radical (unpaired) electrons. The maximum absolute atomic E-state index is 9.43. The molecule has 0 aliphatic rings. The first-order chi connectivity index (χ1) is 12.8. The van der Waals surface area contributed by atoms with Gasteiger partial charge in [0.25, 0.3) is 0 Å². The topological polar surface area (TPSA) is 38.7 Å². The van der Waals surface area contributed by atoms with Crippen LogP contribution in [0.1, 0.15) is 90.4 Å². The minimum atomic E-state index is -0.496. The number of aliphatic hydroxyl groups excluding tert-OH is 1. The molecule has 0 heterocycles. The third-order valence-corrected chi connectivity index (χ3v) is 4.38. The Balaban J connectivity index is 3.18. The molecule has 0 aromatic rings. The van der Waals surface area contributed by atoms with Gasteiger partial charge >= 0.3 is 0 Å². The summed E-state index contributed by atoms with van der Waals surface area (Å²) in [5.74, 6) is 0. The van der Waals surface area contributed by atoms with Gasteiger partial charge in [-0.3, -0.25) is 0 Å². The molecule has 3 heteroatoms. The zero-order chi connectivity index (χ0) is 19.1. The van der Waals surface area contributed by atoms with Gasteiger partial charge in [0.1, 0.15) is 6.10 Å². The molecule has 0 aliphatic carbocycles. The maximum Gasteiger partial charge on any atom is 0.101 e. The van der Waals surface area contributed by atoms with Crippen molar-refractivity contribution in [1.82, 2.24) is 0 Å². The molecule has 1 N–H and O–H groups in total. The Morgan fingerprint density at radius 1 is 0.692 bits per heavy atom. The van der Waals surface area contributed by atoms with Gasteiger partial charge in [-0.15, -0.1) is 0 Å². The lowest BCUT2D eigenvalue weighted by Gasteiger charge is -2.09. The average molecular weight is 369 g/mol. The van der Waals surface area contributed by atoms with Crippen molar-refractivity contribution in [2.75, 3.05) is 26.9 Å². The third kappa shape index (κ3) is 21.4. The SMILES string of the molecule is CCCCCC/C=C\CCCC/C=C\CCCCCOC[C@@H](O)COC. The molecule has 0 aromatic carbocycles. The summed E-state index contributed by atoms with van der Waals surface area (Å²) in [5.41, 5.74) is 0. The van der Waals surface area contributed by atoms with Crippen LogP contribution in [-0.4, -0.2) is 38.1 Å². The second-order valence-electron chi connectivity index (χ2n) is 7.11. The summed E-state index contributed by atoms with van der Waals surface area (Å²) in [4.78, 5) is 0. The van der Waals surface area contributed by atoms with Crippen molar-refractivity contribution in [3.8, 4) is 0 Å². The highest BCUT2D eigenvalue weighted by molar-refractivity contribution is 4.84. The number of methoxy groups -OCH3 is 1. The molecule has 3 nitrogen and oxygen atoms in total. The summed E-state index contributed by atoms with van der Waals surface area (Å²) in [7, 11) is 1.59. The van der Waals surface area contributed by atoms with Crippen LogP contribution in [0.2, 0.25) is 0 Å². The molecule has 0 unspecified atom stereocenters. The van der Waals surface area contributed by atoms with E-state index in [-0.39, 0.29) is 0 Å². The van der Waals surface area contributed by atoms with Crippen LogP contribution in [0.5, 0.6) is 0 Å². The fourth-order valence-electron chi connectivity index (χ4n) is 2.79. The molecule has 1 atom stereocenters. The van der Waals surface area contributed by atoms with Crippen LogP contribution in [0.3, 0.4) is 0 Å². The van der Waals surface area contributed by atoms with Gasteiger partial charge in [0.15, 0.2) is 0 Å². The van der Waals surface area contributed by atoms with E-state index < -0.39 is 6.10 Å². The van der Waals surface area contributed by atoms with Gasteiger partial charge < -0.3 is 14.6 Å². The predicted molar refractivity (Wildman–Crippen MR) is 113 cm³/mol. The van der Waals surface area contributed by atoms with E-state index in [0.29, 0.717) is 13.2 Å². The van der Waals surface area contributed by atoms with Crippen LogP contribution in [-0.2, 0) is 9.47 Å². The largest absolute Gasteiger partial charge is 0.388 e. The van der Waals surface area contributed by atoms with E-state index in [9.17, 15) is 5.11 Å². The van der Waals surface area contributed by atoms with Crippen LogP contribution in [0, 0.1) is 0 Å². The van der Waals surface area contributed by atoms with Gasteiger partial charge in [0.05, 0.1) is 13.2 Å². The quantitative estimate of drug-likeness (QED) is 0.205. The van der Waals surface area contributed by atoms with Crippen molar-refractivity contribution >= 4 is 0 Å². The third-order valence-electron chi connectivity index (χ3n) is 4.38. The predicted octanol–water partition coefficient (Wildman–Crippen LogP) is 6.21. The number of allylic oxidation sites excluding steroid dienone is 4. The van der Waals surface area contributed by atoms with Crippen LogP contribution < -0.4 is 0 Å². The van der Waals surface area contributed by atoms with Gasteiger partial charge in [0.2, 0.25) is 0 Å². The normalized spacial score (nSPS) is 13.2. The molecule has 0 amide bonds. The summed E-state index contributed by atoms with van der Waals surface area (Å²) in [6.45, 7) is 3.72. The molecule has 26 heavy (non-hydrogen) atoms. The van der Waals surface area contributed by atoms with Crippen molar-refractivity contribution in [2.24, 2.45) is 0 Å². The Morgan fingerprint density at radius 2 is 1.19 bits per heavy atom. The Morgan fingerprint density at radius 3 is 1.69 bits per heavy atom. The highest BCUT2D eigenvalue weighted by Crippen LogP contribution is 2.07. The fraction of sp³-hybridized carbons (Fsp3) is 0.826. The minimum absolute atomic E-state index is 0.347. The van der Waals surface area contributed by atoms with Crippen molar-refractivity contribution in [2.45, 2.75) is 96.5 Å². The van der Waals surface area contributed by atoms with E-state index in [0.717, 1.165) is 13.0 Å². The number of ether oxygens (including phenoxy) is 2. The van der Waals surface area contributed by atoms with E-state index >= 15 is 0 Å². The number of aliphatic hydroxyl groups is 1. The molecule has 0 spiro atoms. The molecule has 0 aromatic heterocycles. The molecule has 0 saturated carbocycles. The summed E-state index contributed by atoms with van der Waals surface area (Å²) in [6.07, 6.45) is 25.3. The molecule has 154 valence electrons. The lowest BCUT2D eigenvalue weighted by molar-refractivity contribution is -0.00681. The first-order valence-electron chi connectivity index (χ1n) is 10.9. The fourth-order valence-corrected chi connectivity index (χ4v) is 2.79.